The van der Waals surface area contributed by atoms with Crippen molar-refractivity contribution in [1.82, 2.24) is 0 Å². The smallest absolute Gasteiger partial charge is 0.0276 e. The van der Waals surface area contributed by atoms with Crippen LogP contribution in [0, 0.1) is 0 Å². The minimum Gasteiger partial charge on any atom is -0.100 e. The van der Waals surface area contributed by atoms with E-state index in [1.165, 1.54) is 87.3 Å². The first kappa shape index (κ1) is 19.0. The van der Waals surface area contributed by atoms with E-state index in [9.17, 15) is 0 Å². The molecular formula is C22H36. The molecule has 0 heterocycles. The van der Waals surface area contributed by atoms with Crippen LogP contribution in [0.5, 0.6) is 0 Å². The molecule has 0 N–H and O–H groups in total. The van der Waals surface area contributed by atoms with Crippen LogP contribution >= 0.6 is 0 Å². The summed E-state index contributed by atoms with van der Waals surface area (Å²) in [5.74, 6) is 0. The molecule has 0 spiro atoms. The van der Waals surface area contributed by atoms with E-state index in [-0.39, 0.29) is 0 Å². The van der Waals surface area contributed by atoms with Gasteiger partial charge in [-0.2, -0.15) is 0 Å². The third-order valence-corrected chi connectivity index (χ3v) is 4.41. The molecule has 0 unspecified atom stereocenters. The van der Waals surface area contributed by atoms with Gasteiger partial charge in [-0.05, 0) is 50.2 Å². The van der Waals surface area contributed by atoms with Crippen molar-refractivity contribution in [2.45, 2.75) is 90.9 Å². The minimum atomic E-state index is 1.15. The molecule has 0 aromatic heterocycles. The predicted octanol–water partition coefficient (Wildman–Crippen LogP) is 7.27. The SMILES string of the molecule is C=C(C)CCCc1ccc(CCCCCCCCCC)cc1. The zero-order chi connectivity index (χ0) is 16.0. The van der Waals surface area contributed by atoms with Gasteiger partial charge in [0.2, 0.25) is 0 Å². The minimum absolute atomic E-state index is 1.15. The number of hydrogen-bond acceptors (Lipinski definition) is 0. The molecule has 0 nitrogen and oxygen atoms in total. The van der Waals surface area contributed by atoms with Gasteiger partial charge in [0.1, 0.15) is 0 Å². The molecule has 1 rings (SSSR count). The Morgan fingerprint density at radius 3 is 1.68 bits per heavy atom. The maximum absolute atomic E-state index is 3.97. The molecule has 0 aliphatic carbocycles. The van der Waals surface area contributed by atoms with Gasteiger partial charge in [0.05, 0.1) is 0 Å². The highest BCUT2D eigenvalue weighted by Gasteiger charge is 1.97. The lowest BCUT2D eigenvalue weighted by Gasteiger charge is -2.05. The molecule has 0 aliphatic rings. The fraction of sp³-hybridized carbons (Fsp3) is 0.636. The Hall–Kier alpha value is -1.04. The summed E-state index contributed by atoms with van der Waals surface area (Å²) in [6.07, 6.45) is 16.1. The molecule has 0 aliphatic heterocycles. The van der Waals surface area contributed by atoms with Crippen molar-refractivity contribution in [2.24, 2.45) is 0 Å². The van der Waals surface area contributed by atoms with Crippen LogP contribution in [0.2, 0.25) is 0 Å². The van der Waals surface area contributed by atoms with Crippen LogP contribution in [0.25, 0.3) is 0 Å². The lowest BCUT2D eigenvalue weighted by atomic mass is 10.0. The third-order valence-electron chi connectivity index (χ3n) is 4.41. The van der Waals surface area contributed by atoms with Crippen LogP contribution in [-0.4, -0.2) is 0 Å². The molecule has 22 heavy (non-hydrogen) atoms. The van der Waals surface area contributed by atoms with Crippen molar-refractivity contribution < 1.29 is 0 Å². The molecule has 0 heteroatoms. The van der Waals surface area contributed by atoms with E-state index in [2.05, 4.69) is 44.7 Å². The summed E-state index contributed by atoms with van der Waals surface area (Å²) in [5, 5.41) is 0. The molecule has 0 atom stereocenters. The first-order chi connectivity index (χ1) is 10.7. The molecule has 1 aromatic rings. The number of hydrogen-bond donors (Lipinski definition) is 0. The largest absolute Gasteiger partial charge is 0.100 e. The first-order valence-corrected chi connectivity index (χ1v) is 9.44. The monoisotopic (exact) mass is 300 g/mol. The van der Waals surface area contributed by atoms with Gasteiger partial charge in [-0.1, -0.05) is 81.7 Å². The normalized spacial score (nSPS) is 10.8. The Balaban J connectivity index is 2.07. The van der Waals surface area contributed by atoms with Crippen molar-refractivity contribution >= 4 is 0 Å². The molecule has 124 valence electrons. The van der Waals surface area contributed by atoms with Crippen LogP contribution in [0.1, 0.15) is 89.2 Å². The summed E-state index contributed by atoms with van der Waals surface area (Å²) >= 11 is 0. The summed E-state index contributed by atoms with van der Waals surface area (Å²) in [6, 6.07) is 9.30. The molecular weight excluding hydrogens is 264 g/mol. The van der Waals surface area contributed by atoms with Gasteiger partial charge in [0.15, 0.2) is 0 Å². The Bertz CT molecular complexity index is 385. The average Bonchev–Trinajstić information content (AvgIpc) is 2.51. The zero-order valence-corrected chi connectivity index (χ0v) is 15.0. The molecule has 0 amide bonds. The number of benzene rings is 1. The highest BCUT2D eigenvalue weighted by atomic mass is 14.0. The van der Waals surface area contributed by atoms with Crippen molar-refractivity contribution in [2.75, 3.05) is 0 Å². The van der Waals surface area contributed by atoms with E-state index in [0.717, 1.165) is 6.42 Å². The predicted molar refractivity (Wildman–Crippen MR) is 101 cm³/mol. The Kier molecular flexibility index (Phi) is 10.8. The van der Waals surface area contributed by atoms with E-state index >= 15 is 0 Å². The van der Waals surface area contributed by atoms with E-state index in [1.54, 1.807) is 0 Å². The summed E-state index contributed by atoms with van der Waals surface area (Å²) in [6.45, 7) is 8.37. The van der Waals surface area contributed by atoms with Gasteiger partial charge >= 0.3 is 0 Å². The van der Waals surface area contributed by atoms with Crippen LogP contribution < -0.4 is 0 Å². The average molecular weight is 301 g/mol. The van der Waals surface area contributed by atoms with Gasteiger partial charge < -0.3 is 0 Å². The molecule has 0 saturated carbocycles. The molecule has 1 aromatic carbocycles. The van der Waals surface area contributed by atoms with Gasteiger partial charge in [0, 0.05) is 0 Å². The Morgan fingerprint density at radius 2 is 1.18 bits per heavy atom. The van der Waals surface area contributed by atoms with Gasteiger partial charge in [-0.15, -0.1) is 6.58 Å². The molecule has 0 radical (unpaired) electrons. The van der Waals surface area contributed by atoms with Crippen molar-refractivity contribution in [1.29, 1.82) is 0 Å². The van der Waals surface area contributed by atoms with Crippen molar-refractivity contribution in [3.63, 3.8) is 0 Å². The fourth-order valence-electron chi connectivity index (χ4n) is 2.93. The fourth-order valence-corrected chi connectivity index (χ4v) is 2.93. The number of rotatable bonds is 13. The summed E-state index contributed by atoms with van der Waals surface area (Å²) in [7, 11) is 0. The Labute approximate surface area is 139 Å². The maximum atomic E-state index is 3.97. The van der Waals surface area contributed by atoms with Crippen LogP contribution in [-0.2, 0) is 12.8 Å². The topological polar surface area (TPSA) is 0 Å². The van der Waals surface area contributed by atoms with Gasteiger partial charge in [-0.3, -0.25) is 0 Å². The van der Waals surface area contributed by atoms with E-state index in [4.69, 9.17) is 0 Å². The number of allylic oxidation sites excluding steroid dienone is 1. The maximum Gasteiger partial charge on any atom is -0.0276 e. The van der Waals surface area contributed by atoms with E-state index in [0.29, 0.717) is 0 Å². The van der Waals surface area contributed by atoms with Crippen molar-refractivity contribution in [3.05, 3.63) is 47.5 Å². The quantitative estimate of drug-likeness (QED) is 0.265. The summed E-state index contributed by atoms with van der Waals surface area (Å²) in [5.41, 5.74) is 4.28. The Morgan fingerprint density at radius 1 is 0.727 bits per heavy atom. The summed E-state index contributed by atoms with van der Waals surface area (Å²) in [4.78, 5) is 0. The first-order valence-electron chi connectivity index (χ1n) is 9.44. The second-order valence-corrected chi connectivity index (χ2v) is 6.85. The number of unbranched alkanes of at least 4 members (excludes halogenated alkanes) is 7. The number of aryl methyl sites for hydroxylation is 2. The zero-order valence-electron chi connectivity index (χ0n) is 15.0. The van der Waals surface area contributed by atoms with Crippen LogP contribution in [0.4, 0.5) is 0 Å². The lowest BCUT2D eigenvalue weighted by Crippen LogP contribution is -1.90. The van der Waals surface area contributed by atoms with E-state index < -0.39 is 0 Å². The lowest BCUT2D eigenvalue weighted by molar-refractivity contribution is 0.575. The molecule has 0 fully saturated rings. The highest BCUT2D eigenvalue weighted by molar-refractivity contribution is 5.22. The highest BCUT2D eigenvalue weighted by Crippen LogP contribution is 2.14. The van der Waals surface area contributed by atoms with E-state index in [1.807, 2.05) is 0 Å². The van der Waals surface area contributed by atoms with Gasteiger partial charge in [-0.25, -0.2) is 0 Å². The summed E-state index contributed by atoms with van der Waals surface area (Å²) < 4.78 is 0. The van der Waals surface area contributed by atoms with Crippen LogP contribution in [0.15, 0.2) is 36.4 Å². The van der Waals surface area contributed by atoms with Crippen molar-refractivity contribution in [3.8, 4) is 0 Å². The second kappa shape index (κ2) is 12.5. The molecule has 0 bridgehead atoms. The molecule has 0 saturated heterocycles. The van der Waals surface area contributed by atoms with Crippen LogP contribution in [0.3, 0.4) is 0 Å². The second-order valence-electron chi connectivity index (χ2n) is 6.85. The third kappa shape index (κ3) is 9.82. The standard InChI is InChI=1S/C22H36/c1-4-5-6-7-8-9-10-11-14-21-16-18-22(19-17-21)15-12-13-20(2)3/h16-19H,2,4-15H2,1,3H3. The van der Waals surface area contributed by atoms with Gasteiger partial charge in [0.25, 0.3) is 0 Å².